The summed E-state index contributed by atoms with van der Waals surface area (Å²) in [4.78, 5) is 17.5. The summed E-state index contributed by atoms with van der Waals surface area (Å²) < 4.78 is 5.78. The highest BCUT2D eigenvalue weighted by Crippen LogP contribution is 2.12. The molecule has 0 amide bonds. The van der Waals surface area contributed by atoms with Crippen LogP contribution in [0.3, 0.4) is 0 Å². The first-order valence-corrected chi connectivity index (χ1v) is 8.93. The largest absolute Gasteiger partial charge is 0.492 e. The Labute approximate surface area is 154 Å². The van der Waals surface area contributed by atoms with Gasteiger partial charge in [-0.1, -0.05) is 12.1 Å². The third kappa shape index (κ3) is 4.84. The van der Waals surface area contributed by atoms with Crippen molar-refractivity contribution < 1.29 is 4.74 Å². The van der Waals surface area contributed by atoms with Gasteiger partial charge in [0.15, 0.2) is 5.96 Å². The van der Waals surface area contributed by atoms with Gasteiger partial charge in [0, 0.05) is 45.6 Å². The third-order valence-corrected chi connectivity index (χ3v) is 4.27. The standard InChI is InChI=1S/C19H26N6O/c1-16-5-3-6-17(15-16)26-14-9-23-18(20-2)24-10-12-25(13-11-24)19-21-7-4-8-22-19/h3-8,15H,9-14H2,1-2H3,(H,20,23). The van der Waals surface area contributed by atoms with Crippen LogP contribution in [0.2, 0.25) is 0 Å². The maximum absolute atomic E-state index is 5.78. The van der Waals surface area contributed by atoms with Crippen molar-refractivity contribution >= 4 is 11.9 Å². The summed E-state index contributed by atoms with van der Waals surface area (Å²) in [5.41, 5.74) is 1.20. The molecule has 1 aliphatic rings. The minimum Gasteiger partial charge on any atom is -0.492 e. The Kier molecular flexibility index (Phi) is 6.24. The molecule has 0 bridgehead atoms. The fourth-order valence-electron chi connectivity index (χ4n) is 2.94. The van der Waals surface area contributed by atoms with Crippen LogP contribution in [-0.4, -0.2) is 67.2 Å². The minimum absolute atomic E-state index is 0.598. The zero-order valence-electron chi connectivity index (χ0n) is 15.4. The van der Waals surface area contributed by atoms with E-state index in [4.69, 9.17) is 4.74 Å². The molecule has 138 valence electrons. The van der Waals surface area contributed by atoms with Crippen molar-refractivity contribution in [3.63, 3.8) is 0 Å². The van der Waals surface area contributed by atoms with E-state index >= 15 is 0 Å². The van der Waals surface area contributed by atoms with Crippen molar-refractivity contribution in [2.45, 2.75) is 6.92 Å². The van der Waals surface area contributed by atoms with E-state index in [1.54, 1.807) is 12.4 Å². The van der Waals surface area contributed by atoms with E-state index in [2.05, 4.69) is 43.1 Å². The molecule has 2 aromatic rings. The lowest BCUT2D eigenvalue weighted by molar-refractivity contribution is 0.314. The van der Waals surface area contributed by atoms with E-state index in [9.17, 15) is 0 Å². The average Bonchev–Trinajstić information content (AvgIpc) is 2.69. The van der Waals surface area contributed by atoms with Crippen LogP contribution >= 0.6 is 0 Å². The summed E-state index contributed by atoms with van der Waals surface area (Å²) in [6, 6.07) is 9.93. The fraction of sp³-hybridized carbons (Fsp3) is 0.421. The first-order chi connectivity index (χ1) is 12.8. The number of hydrogen-bond donors (Lipinski definition) is 1. The van der Waals surface area contributed by atoms with Crippen molar-refractivity contribution in [1.29, 1.82) is 0 Å². The van der Waals surface area contributed by atoms with Gasteiger partial charge in [0.05, 0.1) is 6.54 Å². The molecule has 0 spiro atoms. The summed E-state index contributed by atoms with van der Waals surface area (Å²) in [5.74, 6) is 2.60. The van der Waals surface area contributed by atoms with E-state index in [0.717, 1.165) is 43.8 Å². The summed E-state index contributed by atoms with van der Waals surface area (Å²) in [6.07, 6.45) is 3.56. The maximum Gasteiger partial charge on any atom is 0.225 e. The highest BCUT2D eigenvalue weighted by Gasteiger charge is 2.20. The van der Waals surface area contributed by atoms with Gasteiger partial charge in [-0.05, 0) is 30.7 Å². The van der Waals surface area contributed by atoms with Crippen LogP contribution in [0.25, 0.3) is 0 Å². The minimum atomic E-state index is 0.598. The second-order valence-corrected chi connectivity index (χ2v) is 6.16. The monoisotopic (exact) mass is 354 g/mol. The molecule has 0 atom stereocenters. The Morgan fingerprint density at radius 2 is 1.92 bits per heavy atom. The summed E-state index contributed by atoms with van der Waals surface area (Å²) in [7, 11) is 1.82. The third-order valence-electron chi connectivity index (χ3n) is 4.27. The number of benzene rings is 1. The lowest BCUT2D eigenvalue weighted by Gasteiger charge is -2.36. The molecule has 2 heterocycles. The van der Waals surface area contributed by atoms with Crippen LogP contribution in [0.5, 0.6) is 5.75 Å². The Hall–Kier alpha value is -2.83. The Balaban J connectivity index is 1.42. The van der Waals surface area contributed by atoms with Gasteiger partial charge in [0.25, 0.3) is 0 Å². The van der Waals surface area contributed by atoms with Gasteiger partial charge in [0.1, 0.15) is 12.4 Å². The van der Waals surface area contributed by atoms with Crippen molar-refractivity contribution in [3.8, 4) is 5.75 Å². The van der Waals surface area contributed by atoms with Crippen LogP contribution in [0.15, 0.2) is 47.7 Å². The van der Waals surface area contributed by atoms with E-state index < -0.39 is 0 Å². The number of aryl methyl sites for hydroxylation is 1. The zero-order valence-corrected chi connectivity index (χ0v) is 15.4. The number of anilines is 1. The number of aromatic nitrogens is 2. The Morgan fingerprint density at radius 1 is 1.15 bits per heavy atom. The van der Waals surface area contributed by atoms with E-state index in [1.807, 2.05) is 31.3 Å². The van der Waals surface area contributed by atoms with Crippen LogP contribution in [0.1, 0.15) is 5.56 Å². The second-order valence-electron chi connectivity index (χ2n) is 6.16. The molecular formula is C19H26N6O. The Morgan fingerprint density at radius 3 is 2.62 bits per heavy atom. The quantitative estimate of drug-likeness (QED) is 0.499. The van der Waals surface area contributed by atoms with Gasteiger partial charge in [0.2, 0.25) is 5.95 Å². The summed E-state index contributed by atoms with van der Waals surface area (Å²) in [6.45, 7) is 6.90. The van der Waals surface area contributed by atoms with E-state index in [0.29, 0.717) is 13.2 Å². The molecule has 1 aromatic carbocycles. The van der Waals surface area contributed by atoms with Gasteiger partial charge in [-0.15, -0.1) is 0 Å². The molecule has 7 nitrogen and oxygen atoms in total. The maximum atomic E-state index is 5.78. The number of piperazine rings is 1. The molecule has 1 fully saturated rings. The number of nitrogens with one attached hydrogen (secondary N) is 1. The predicted molar refractivity (Wildman–Crippen MR) is 104 cm³/mol. The second kappa shape index (κ2) is 9.03. The molecule has 1 aromatic heterocycles. The van der Waals surface area contributed by atoms with E-state index in [1.165, 1.54) is 5.56 Å². The van der Waals surface area contributed by atoms with Crippen molar-refractivity contribution in [2.24, 2.45) is 4.99 Å². The zero-order chi connectivity index (χ0) is 18.2. The normalized spacial score (nSPS) is 15.1. The number of guanidine groups is 1. The predicted octanol–water partition coefficient (Wildman–Crippen LogP) is 1.56. The molecule has 0 aliphatic carbocycles. The van der Waals surface area contributed by atoms with Crippen molar-refractivity contribution in [3.05, 3.63) is 48.3 Å². The molecule has 0 radical (unpaired) electrons. The number of hydrogen-bond acceptors (Lipinski definition) is 5. The molecular weight excluding hydrogens is 328 g/mol. The molecule has 7 heteroatoms. The lowest BCUT2D eigenvalue weighted by atomic mass is 10.2. The molecule has 1 aliphatic heterocycles. The number of rotatable bonds is 5. The van der Waals surface area contributed by atoms with Gasteiger partial charge in [-0.3, -0.25) is 4.99 Å². The van der Waals surface area contributed by atoms with Crippen molar-refractivity contribution in [2.75, 3.05) is 51.3 Å². The SMILES string of the molecule is CN=C(NCCOc1cccc(C)c1)N1CCN(c2ncccn2)CC1. The Bertz CT molecular complexity index is 713. The smallest absolute Gasteiger partial charge is 0.225 e. The molecule has 26 heavy (non-hydrogen) atoms. The van der Waals surface area contributed by atoms with Gasteiger partial charge in [-0.2, -0.15) is 0 Å². The van der Waals surface area contributed by atoms with Crippen LogP contribution in [0, 0.1) is 6.92 Å². The summed E-state index contributed by atoms with van der Waals surface area (Å²) >= 11 is 0. The van der Waals surface area contributed by atoms with Crippen LogP contribution in [-0.2, 0) is 0 Å². The van der Waals surface area contributed by atoms with Crippen LogP contribution < -0.4 is 15.0 Å². The topological polar surface area (TPSA) is 65.9 Å². The average molecular weight is 354 g/mol. The summed E-state index contributed by atoms with van der Waals surface area (Å²) in [5, 5.41) is 3.38. The highest BCUT2D eigenvalue weighted by atomic mass is 16.5. The first-order valence-electron chi connectivity index (χ1n) is 8.93. The van der Waals surface area contributed by atoms with Crippen LogP contribution in [0.4, 0.5) is 5.95 Å². The van der Waals surface area contributed by atoms with E-state index in [-0.39, 0.29) is 0 Å². The molecule has 0 saturated carbocycles. The number of ether oxygens (including phenoxy) is 1. The molecule has 1 saturated heterocycles. The molecule has 1 N–H and O–H groups in total. The van der Waals surface area contributed by atoms with Gasteiger partial charge >= 0.3 is 0 Å². The first kappa shape index (κ1) is 18.0. The highest BCUT2D eigenvalue weighted by molar-refractivity contribution is 5.80. The number of aliphatic imine (C=N–C) groups is 1. The van der Waals surface area contributed by atoms with Gasteiger partial charge < -0.3 is 19.9 Å². The van der Waals surface area contributed by atoms with Gasteiger partial charge in [-0.25, -0.2) is 9.97 Å². The molecule has 0 unspecified atom stereocenters. The van der Waals surface area contributed by atoms with Crippen molar-refractivity contribution in [1.82, 2.24) is 20.2 Å². The number of nitrogens with zero attached hydrogens (tertiary/aromatic N) is 5. The lowest BCUT2D eigenvalue weighted by Crippen LogP contribution is -2.53. The fourth-order valence-corrected chi connectivity index (χ4v) is 2.94. The molecule has 3 rings (SSSR count).